The van der Waals surface area contributed by atoms with Crippen molar-refractivity contribution in [3.8, 4) is 5.75 Å². The smallest absolute Gasteiger partial charge is 0.311 e. The van der Waals surface area contributed by atoms with E-state index >= 15 is 0 Å². The van der Waals surface area contributed by atoms with Crippen LogP contribution in [-0.2, 0) is 27.3 Å². The highest BCUT2D eigenvalue weighted by atomic mass is 16.5. The molecule has 1 amide bonds. The van der Waals surface area contributed by atoms with E-state index in [0.717, 1.165) is 73.3 Å². The molecule has 0 saturated carbocycles. The van der Waals surface area contributed by atoms with Gasteiger partial charge in [0.1, 0.15) is 11.5 Å². The molecule has 1 heterocycles. The molecule has 4 rings (SSSR count). The number of amides is 1. The minimum atomic E-state index is -0.499. The van der Waals surface area contributed by atoms with Crippen LogP contribution in [0.3, 0.4) is 0 Å². The third-order valence-corrected chi connectivity index (χ3v) is 6.87. The number of nitrogens with two attached hydrogens (primary N) is 1. The number of ether oxygens (including phenoxy) is 2. The molecule has 0 spiro atoms. The van der Waals surface area contributed by atoms with E-state index in [9.17, 15) is 9.59 Å². The molecule has 6 nitrogen and oxygen atoms in total. The molecule has 2 aromatic carbocycles. The lowest BCUT2D eigenvalue weighted by Crippen LogP contribution is -2.33. The number of fused-ring (bicyclic) bond motifs is 1. The van der Waals surface area contributed by atoms with E-state index in [1.807, 2.05) is 13.0 Å². The van der Waals surface area contributed by atoms with Crippen LogP contribution in [0.15, 0.2) is 48.0 Å². The minimum absolute atomic E-state index is 0.00415. The summed E-state index contributed by atoms with van der Waals surface area (Å²) >= 11 is 0. The van der Waals surface area contributed by atoms with Crippen LogP contribution in [0.4, 0.5) is 0 Å². The van der Waals surface area contributed by atoms with E-state index in [2.05, 4.69) is 41.3 Å². The Kier molecular flexibility index (Phi) is 7.68. The van der Waals surface area contributed by atoms with Gasteiger partial charge in [-0.05, 0) is 86.0 Å². The van der Waals surface area contributed by atoms with Crippen molar-refractivity contribution in [2.75, 3.05) is 20.2 Å². The van der Waals surface area contributed by atoms with Crippen molar-refractivity contribution in [3.05, 3.63) is 70.3 Å². The second kappa shape index (κ2) is 10.9. The summed E-state index contributed by atoms with van der Waals surface area (Å²) in [7, 11) is 1.67. The summed E-state index contributed by atoms with van der Waals surface area (Å²) in [5.74, 6) is 1.15. The van der Waals surface area contributed by atoms with Gasteiger partial charge in [-0.15, -0.1) is 0 Å². The maximum Gasteiger partial charge on any atom is 0.311 e. The Balaban J connectivity index is 1.45. The first-order chi connectivity index (χ1) is 16.4. The van der Waals surface area contributed by atoms with Crippen LogP contribution in [-0.4, -0.2) is 37.0 Å². The fourth-order valence-corrected chi connectivity index (χ4v) is 5.03. The van der Waals surface area contributed by atoms with Gasteiger partial charge in [-0.1, -0.05) is 30.3 Å². The standard InChI is InChI=1S/C28H34N2O4/c1-19-14-24-22(17-25(19)33-2)16-23(28(24)34-27(32)9-8-26(29)31)15-20-10-12-30(13-11-20)18-21-6-4-3-5-7-21/h3-7,14,17,20H,8-13,15-16,18H2,1-2H3,(H2,29,31). The molecule has 34 heavy (non-hydrogen) atoms. The molecule has 2 aromatic rings. The summed E-state index contributed by atoms with van der Waals surface area (Å²) in [4.78, 5) is 26.1. The lowest BCUT2D eigenvalue weighted by Gasteiger charge is -2.32. The Hall–Kier alpha value is -3.12. The highest BCUT2D eigenvalue weighted by Crippen LogP contribution is 2.41. The number of hydrogen-bond donors (Lipinski definition) is 1. The van der Waals surface area contributed by atoms with Crippen LogP contribution < -0.4 is 10.5 Å². The van der Waals surface area contributed by atoms with E-state index in [0.29, 0.717) is 11.7 Å². The molecule has 180 valence electrons. The Morgan fingerprint density at radius 3 is 2.50 bits per heavy atom. The molecular weight excluding hydrogens is 428 g/mol. The highest BCUT2D eigenvalue weighted by Gasteiger charge is 2.29. The summed E-state index contributed by atoms with van der Waals surface area (Å²) in [6.45, 7) is 5.12. The summed E-state index contributed by atoms with van der Waals surface area (Å²) < 4.78 is 11.4. The maximum atomic E-state index is 12.5. The highest BCUT2D eigenvalue weighted by molar-refractivity contribution is 5.85. The number of allylic oxidation sites excluding steroid dienone is 1. The van der Waals surface area contributed by atoms with Crippen LogP contribution in [0.1, 0.15) is 54.4 Å². The summed E-state index contributed by atoms with van der Waals surface area (Å²) in [5.41, 5.74) is 10.8. The Labute approximate surface area is 201 Å². The predicted octanol–water partition coefficient (Wildman–Crippen LogP) is 4.38. The lowest BCUT2D eigenvalue weighted by atomic mass is 9.89. The number of methoxy groups -OCH3 is 1. The molecule has 2 N–H and O–H groups in total. The van der Waals surface area contributed by atoms with Gasteiger partial charge in [0.25, 0.3) is 0 Å². The number of carbonyl (C=O) groups is 2. The molecule has 0 atom stereocenters. The molecule has 2 aliphatic rings. The fraction of sp³-hybridized carbons (Fsp3) is 0.429. The van der Waals surface area contributed by atoms with Gasteiger partial charge >= 0.3 is 5.97 Å². The van der Waals surface area contributed by atoms with Crippen molar-refractivity contribution >= 4 is 17.6 Å². The molecule has 1 aliphatic carbocycles. The second-order valence-corrected chi connectivity index (χ2v) is 9.44. The predicted molar refractivity (Wildman–Crippen MR) is 132 cm³/mol. The second-order valence-electron chi connectivity index (χ2n) is 9.44. The first-order valence-corrected chi connectivity index (χ1v) is 12.1. The van der Waals surface area contributed by atoms with Gasteiger partial charge in [0.15, 0.2) is 0 Å². The zero-order valence-electron chi connectivity index (χ0n) is 20.1. The first-order valence-electron chi connectivity index (χ1n) is 12.1. The molecule has 0 radical (unpaired) electrons. The minimum Gasteiger partial charge on any atom is -0.496 e. The molecule has 6 heteroatoms. The van der Waals surface area contributed by atoms with E-state index in [-0.39, 0.29) is 12.8 Å². The van der Waals surface area contributed by atoms with Gasteiger partial charge in [0.2, 0.25) is 5.91 Å². The molecule has 1 aliphatic heterocycles. The van der Waals surface area contributed by atoms with Gasteiger partial charge in [-0.3, -0.25) is 14.5 Å². The monoisotopic (exact) mass is 462 g/mol. The molecule has 0 bridgehead atoms. The number of likely N-dealkylation sites (tertiary alicyclic amines) is 1. The van der Waals surface area contributed by atoms with Crippen LogP contribution in [0.2, 0.25) is 0 Å². The number of hydrogen-bond acceptors (Lipinski definition) is 5. The zero-order chi connectivity index (χ0) is 24.1. The number of carbonyl (C=O) groups excluding carboxylic acids is 2. The van der Waals surface area contributed by atoms with Gasteiger partial charge in [-0.2, -0.15) is 0 Å². The Morgan fingerprint density at radius 2 is 1.82 bits per heavy atom. The van der Waals surface area contributed by atoms with Crippen molar-refractivity contribution < 1.29 is 19.1 Å². The normalized spacial score (nSPS) is 16.4. The lowest BCUT2D eigenvalue weighted by molar-refractivity contribution is -0.138. The van der Waals surface area contributed by atoms with Crippen molar-refractivity contribution in [1.29, 1.82) is 0 Å². The third kappa shape index (κ3) is 5.86. The summed E-state index contributed by atoms with van der Waals surface area (Å²) in [6, 6.07) is 14.7. The third-order valence-electron chi connectivity index (χ3n) is 6.87. The van der Waals surface area contributed by atoms with Gasteiger partial charge in [-0.25, -0.2) is 0 Å². The summed E-state index contributed by atoms with van der Waals surface area (Å²) in [5, 5.41) is 0. The van der Waals surface area contributed by atoms with Crippen molar-refractivity contribution in [3.63, 3.8) is 0 Å². The average Bonchev–Trinajstić information content (AvgIpc) is 3.14. The van der Waals surface area contributed by atoms with Gasteiger partial charge in [0.05, 0.1) is 13.5 Å². The number of rotatable bonds is 9. The number of piperidine rings is 1. The Morgan fingerprint density at radius 1 is 1.09 bits per heavy atom. The van der Waals surface area contributed by atoms with Crippen LogP contribution >= 0.6 is 0 Å². The molecule has 1 saturated heterocycles. The number of primary amides is 1. The summed E-state index contributed by atoms with van der Waals surface area (Å²) in [6.07, 6.45) is 3.91. The fourth-order valence-electron chi connectivity index (χ4n) is 5.03. The quantitative estimate of drug-likeness (QED) is 0.559. The van der Waals surface area contributed by atoms with E-state index in [4.69, 9.17) is 15.2 Å². The molecule has 0 aromatic heterocycles. The number of aryl methyl sites for hydroxylation is 1. The van der Waals surface area contributed by atoms with Crippen molar-refractivity contribution in [1.82, 2.24) is 4.90 Å². The number of benzene rings is 2. The number of nitrogens with zero attached hydrogens (tertiary/aromatic N) is 1. The molecular formula is C28H34N2O4. The van der Waals surface area contributed by atoms with Gasteiger partial charge in [0, 0.05) is 18.5 Å². The van der Waals surface area contributed by atoms with E-state index in [1.165, 1.54) is 5.56 Å². The van der Waals surface area contributed by atoms with Gasteiger partial charge < -0.3 is 15.2 Å². The van der Waals surface area contributed by atoms with Crippen LogP contribution in [0, 0.1) is 12.8 Å². The van der Waals surface area contributed by atoms with E-state index < -0.39 is 11.9 Å². The SMILES string of the molecule is COc1cc2c(cc1C)C(OC(=O)CCC(N)=O)=C(CC1CCN(Cc3ccccc3)CC1)C2. The first kappa shape index (κ1) is 24.0. The largest absolute Gasteiger partial charge is 0.496 e. The topological polar surface area (TPSA) is 81.9 Å². The molecule has 0 unspecified atom stereocenters. The maximum absolute atomic E-state index is 12.5. The zero-order valence-corrected chi connectivity index (χ0v) is 20.1. The van der Waals surface area contributed by atoms with Crippen molar-refractivity contribution in [2.45, 2.75) is 52.0 Å². The average molecular weight is 463 g/mol. The molecule has 1 fully saturated rings. The number of esters is 1. The van der Waals surface area contributed by atoms with Crippen LogP contribution in [0.25, 0.3) is 5.76 Å². The van der Waals surface area contributed by atoms with Crippen LogP contribution in [0.5, 0.6) is 5.75 Å². The van der Waals surface area contributed by atoms with E-state index in [1.54, 1.807) is 7.11 Å². The van der Waals surface area contributed by atoms with Crippen molar-refractivity contribution in [2.24, 2.45) is 11.7 Å². The Bertz CT molecular complexity index is 1070.